The Hall–Kier alpha value is -3.82. The molecule has 2 amide bonds. The average molecular weight is 679 g/mol. The van der Waals surface area contributed by atoms with E-state index >= 15 is 0 Å². The minimum absolute atomic E-state index is 0.00297. The van der Waals surface area contributed by atoms with Crippen LogP contribution in [0.15, 0.2) is 24.5 Å². The maximum atomic E-state index is 14.2. The van der Waals surface area contributed by atoms with Gasteiger partial charge in [0.1, 0.15) is 5.69 Å². The zero-order chi connectivity index (χ0) is 33.8. The summed E-state index contributed by atoms with van der Waals surface area (Å²) in [6.07, 6.45) is -0.988. The van der Waals surface area contributed by atoms with Crippen molar-refractivity contribution in [1.82, 2.24) is 35.0 Å². The summed E-state index contributed by atoms with van der Waals surface area (Å²) in [7, 11) is 0. The highest BCUT2D eigenvalue weighted by molar-refractivity contribution is 5.92. The lowest BCUT2D eigenvalue weighted by Gasteiger charge is -2.38. The number of ether oxygens (including phenoxy) is 1. The lowest BCUT2D eigenvalue weighted by Crippen LogP contribution is -2.47. The predicted octanol–water partition coefficient (Wildman–Crippen LogP) is 4.33. The predicted molar refractivity (Wildman–Crippen MR) is 162 cm³/mol. The zero-order valence-corrected chi connectivity index (χ0v) is 26.6. The van der Waals surface area contributed by atoms with Crippen LogP contribution < -0.4 is 15.5 Å². The quantitative estimate of drug-likeness (QED) is 0.341. The minimum atomic E-state index is -4.44. The summed E-state index contributed by atoms with van der Waals surface area (Å²) in [5.41, 5.74) is 2.37. The van der Waals surface area contributed by atoms with Gasteiger partial charge in [0.05, 0.1) is 48.4 Å². The highest BCUT2D eigenvalue weighted by atomic mass is 19.4. The number of aromatic nitrogens is 5. The van der Waals surface area contributed by atoms with Crippen LogP contribution in [-0.4, -0.2) is 81.1 Å². The van der Waals surface area contributed by atoms with Gasteiger partial charge in [0, 0.05) is 69.0 Å². The number of piperidine rings is 1. The summed E-state index contributed by atoms with van der Waals surface area (Å²) in [6.45, 7) is 4.48. The molecule has 2 N–H and O–H groups in total. The number of rotatable bonds is 8. The molecule has 4 fully saturated rings. The monoisotopic (exact) mass is 678 g/mol. The summed E-state index contributed by atoms with van der Waals surface area (Å²) in [5.74, 6) is -6.52. The maximum Gasteiger partial charge on any atom is 0.393 e. The molecule has 16 heteroatoms. The summed E-state index contributed by atoms with van der Waals surface area (Å²) in [6, 6.07) is 2.71. The fourth-order valence-corrected chi connectivity index (χ4v) is 7.69. The Morgan fingerprint density at radius 2 is 1.98 bits per heavy atom. The van der Waals surface area contributed by atoms with E-state index in [1.165, 1.54) is 10.7 Å². The number of nitrogens with zero attached hydrogens (tertiary/aromatic N) is 6. The molecule has 48 heavy (non-hydrogen) atoms. The molecule has 0 unspecified atom stereocenters. The molecule has 4 aliphatic rings. The Kier molecular flexibility index (Phi) is 8.35. The number of imidazole rings is 1. The van der Waals surface area contributed by atoms with E-state index in [1.54, 1.807) is 16.9 Å². The number of carbonyl (C=O) groups excluding carboxylic acids is 2. The largest absolute Gasteiger partial charge is 0.393 e. The second kappa shape index (κ2) is 12.3. The second-order valence-corrected chi connectivity index (χ2v) is 13.9. The van der Waals surface area contributed by atoms with Gasteiger partial charge in [-0.3, -0.25) is 14.3 Å². The van der Waals surface area contributed by atoms with Crippen LogP contribution >= 0.6 is 0 Å². The minimum Gasteiger partial charge on any atom is -0.380 e. The van der Waals surface area contributed by atoms with Gasteiger partial charge in [0.15, 0.2) is 5.65 Å². The number of fused-ring (bicyclic) bond motifs is 1. The van der Waals surface area contributed by atoms with Crippen LogP contribution in [0.5, 0.6) is 0 Å². The third kappa shape index (κ3) is 6.34. The van der Waals surface area contributed by atoms with Crippen molar-refractivity contribution in [3.05, 3.63) is 41.6 Å². The van der Waals surface area contributed by atoms with Crippen LogP contribution in [0, 0.1) is 23.2 Å². The first-order valence-electron chi connectivity index (χ1n) is 16.6. The van der Waals surface area contributed by atoms with Gasteiger partial charge in [-0.2, -0.15) is 23.4 Å². The molecule has 1 aliphatic carbocycles. The third-order valence-electron chi connectivity index (χ3n) is 10.6. The van der Waals surface area contributed by atoms with E-state index in [9.17, 15) is 31.5 Å². The number of carbonyl (C=O) groups is 2. The van der Waals surface area contributed by atoms with Gasteiger partial charge < -0.3 is 20.3 Å². The van der Waals surface area contributed by atoms with E-state index in [0.717, 1.165) is 6.42 Å². The molecule has 3 aromatic heterocycles. The van der Waals surface area contributed by atoms with Crippen molar-refractivity contribution >= 4 is 23.1 Å². The number of halogens is 5. The molecule has 11 nitrogen and oxygen atoms in total. The molecule has 260 valence electrons. The number of nitrogens with one attached hydrogen (secondary N) is 2. The van der Waals surface area contributed by atoms with Crippen molar-refractivity contribution in [3.63, 3.8) is 0 Å². The van der Waals surface area contributed by atoms with E-state index < -0.39 is 48.3 Å². The van der Waals surface area contributed by atoms with E-state index in [0.29, 0.717) is 61.3 Å². The Morgan fingerprint density at radius 1 is 1.21 bits per heavy atom. The number of hydrogen-bond acceptors (Lipinski definition) is 7. The van der Waals surface area contributed by atoms with Gasteiger partial charge in [-0.05, 0) is 44.6 Å². The molecular formula is C32H39F5N8O3. The lowest BCUT2D eigenvalue weighted by atomic mass is 9.81. The smallest absolute Gasteiger partial charge is 0.380 e. The Morgan fingerprint density at radius 3 is 2.65 bits per heavy atom. The molecule has 1 saturated carbocycles. The van der Waals surface area contributed by atoms with E-state index in [2.05, 4.69) is 20.6 Å². The molecule has 3 atom stereocenters. The maximum absolute atomic E-state index is 14.2. The number of hydrogen-bond donors (Lipinski definition) is 2. The van der Waals surface area contributed by atoms with Crippen LogP contribution in [0.2, 0.25) is 0 Å². The van der Waals surface area contributed by atoms with Crippen LogP contribution in [0.25, 0.3) is 5.65 Å². The summed E-state index contributed by atoms with van der Waals surface area (Å²) in [5, 5.41) is 14.5. The number of alkyl halides is 5. The van der Waals surface area contributed by atoms with Crippen molar-refractivity contribution in [3.8, 4) is 0 Å². The zero-order valence-electron chi connectivity index (χ0n) is 26.6. The average Bonchev–Trinajstić information content (AvgIpc) is 3.78. The molecule has 7 rings (SSSR count). The van der Waals surface area contributed by atoms with Crippen LogP contribution in [-0.2, 0) is 22.5 Å². The molecule has 3 aromatic rings. The standard InChI is InChI=1S/C32H39F5N8O3/c1-2-44-24(5-9-39-44)29(47)41-27(19-3-6-31(33,34)7-4-19)23-15-45-26(40-23)13-25(43-10-8-30(16-43)17-48-18-30)22(42-45)12-20-11-21(32(35,36)37)14-38-28(20)46/h5,9,13,15,19-21,27H,2-4,6-8,10-12,14,16-18H2,1H3,(H,38,46)(H,41,47)/t20-,21-,27+/m1/s1. The fourth-order valence-electron chi connectivity index (χ4n) is 7.69. The summed E-state index contributed by atoms with van der Waals surface area (Å²) in [4.78, 5) is 33.3. The third-order valence-corrected chi connectivity index (χ3v) is 10.6. The van der Waals surface area contributed by atoms with Gasteiger partial charge in [0.2, 0.25) is 11.8 Å². The molecule has 1 spiro atoms. The first-order valence-corrected chi connectivity index (χ1v) is 16.6. The highest BCUT2D eigenvalue weighted by Crippen LogP contribution is 2.43. The normalized spacial score (nSPS) is 24.9. The second-order valence-electron chi connectivity index (χ2n) is 13.9. The summed E-state index contributed by atoms with van der Waals surface area (Å²) >= 11 is 0. The van der Waals surface area contributed by atoms with Crippen molar-refractivity contribution in [1.29, 1.82) is 0 Å². The van der Waals surface area contributed by atoms with E-state index in [-0.39, 0.29) is 49.9 Å². The first-order chi connectivity index (χ1) is 22.8. The molecule has 6 heterocycles. The fraction of sp³-hybridized carbons (Fsp3) is 0.656. The molecule has 3 aliphatic heterocycles. The van der Waals surface area contributed by atoms with Crippen molar-refractivity contribution < 1.29 is 36.3 Å². The summed E-state index contributed by atoms with van der Waals surface area (Å²) < 4.78 is 77.9. The van der Waals surface area contributed by atoms with Crippen LogP contribution in [0.4, 0.5) is 27.6 Å². The SMILES string of the molecule is CCn1nccc1C(=O)N[C@H](c1cn2nc(C[C@H]3C[C@@H](C(F)(F)F)CNC3=O)c(N3CCC4(COC4)C3)cc2n1)C1CCC(F)(F)CC1. The number of anilines is 1. The van der Waals surface area contributed by atoms with E-state index in [4.69, 9.17) is 14.8 Å². The van der Waals surface area contributed by atoms with Gasteiger partial charge in [-0.1, -0.05) is 0 Å². The van der Waals surface area contributed by atoms with Gasteiger partial charge >= 0.3 is 6.18 Å². The topological polar surface area (TPSA) is 119 Å². The van der Waals surface area contributed by atoms with E-state index in [1.807, 2.05) is 13.0 Å². The van der Waals surface area contributed by atoms with Gasteiger partial charge in [0.25, 0.3) is 5.91 Å². The number of amides is 2. The molecule has 0 radical (unpaired) electrons. The Balaban J connectivity index is 1.24. The number of aryl methyl sites for hydroxylation is 1. The van der Waals surface area contributed by atoms with Gasteiger partial charge in [-0.25, -0.2) is 18.3 Å². The molecule has 0 bridgehead atoms. The van der Waals surface area contributed by atoms with Gasteiger partial charge in [-0.15, -0.1) is 0 Å². The Bertz CT molecular complexity index is 1680. The van der Waals surface area contributed by atoms with Crippen molar-refractivity contribution in [2.45, 2.75) is 76.6 Å². The molecule has 3 saturated heterocycles. The first kappa shape index (κ1) is 32.7. The Labute approximate surface area is 273 Å². The van der Waals surface area contributed by atoms with Crippen molar-refractivity contribution in [2.75, 3.05) is 37.7 Å². The van der Waals surface area contributed by atoms with Crippen LogP contribution in [0.1, 0.15) is 73.4 Å². The molecule has 0 aromatic carbocycles. The van der Waals surface area contributed by atoms with Crippen LogP contribution in [0.3, 0.4) is 0 Å². The lowest BCUT2D eigenvalue weighted by molar-refractivity contribution is -0.183. The van der Waals surface area contributed by atoms with Crippen molar-refractivity contribution in [2.24, 2.45) is 23.2 Å². The molecular weight excluding hydrogens is 639 g/mol. The highest BCUT2D eigenvalue weighted by Gasteiger charge is 2.47.